The van der Waals surface area contributed by atoms with Gasteiger partial charge >= 0.3 is 6.01 Å². The molecule has 1 aliphatic heterocycles. The van der Waals surface area contributed by atoms with Gasteiger partial charge in [-0.25, -0.2) is 4.98 Å². The molecule has 0 saturated carbocycles. The van der Waals surface area contributed by atoms with Crippen LogP contribution in [0.3, 0.4) is 0 Å². The van der Waals surface area contributed by atoms with Gasteiger partial charge in [-0.3, -0.25) is 4.79 Å². The monoisotopic (exact) mass is 490 g/mol. The Bertz CT molecular complexity index is 1400. The van der Waals surface area contributed by atoms with Gasteiger partial charge in [0.05, 0.1) is 38.0 Å². The topological polar surface area (TPSA) is 128 Å². The van der Waals surface area contributed by atoms with E-state index in [4.69, 9.17) is 18.9 Å². The number of ether oxygens (including phenoxy) is 4. The number of nitrogens with one attached hydrogen (secondary N) is 2. The van der Waals surface area contributed by atoms with Crippen molar-refractivity contribution in [3.8, 4) is 34.5 Å². The van der Waals surface area contributed by atoms with Crippen molar-refractivity contribution in [2.24, 2.45) is 0 Å². The fourth-order valence-corrected chi connectivity index (χ4v) is 4.27. The second kappa shape index (κ2) is 10.1. The van der Waals surface area contributed by atoms with E-state index in [1.807, 2.05) is 30.5 Å². The highest BCUT2D eigenvalue weighted by Crippen LogP contribution is 2.40. The largest absolute Gasteiger partial charge is 0.486 e. The lowest BCUT2D eigenvalue weighted by atomic mass is 10.0. The second-order valence-electron chi connectivity index (χ2n) is 8.24. The van der Waals surface area contributed by atoms with Crippen molar-refractivity contribution >= 4 is 16.8 Å². The lowest BCUT2D eigenvalue weighted by molar-refractivity contribution is 0.0906. The Morgan fingerprint density at radius 1 is 1.19 bits per heavy atom. The standard InChI is InChI=1S/C26H26N4O6/c1-33-25-20(13-28-26(30-25)34-2)15-10-19(23-22(11-15)35-7-8-36-23)24(32)29-17(14-31)9-16-12-27-21-6-4-3-5-18(16)21/h3-6,10-13,17,27,31H,7-9,14H2,1-2H3,(H,29,32)/t17-/m1/s1. The molecule has 3 N–H and O–H groups in total. The van der Waals surface area contributed by atoms with E-state index in [1.165, 1.54) is 14.2 Å². The Balaban J connectivity index is 1.47. The number of carbonyl (C=O) groups is 1. The number of amides is 1. The van der Waals surface area contributed by atoms with Crippen molar-refractivity contribution in [1.29, 1.82) is 0 Å². The number of carbonyl (C=O) groups excluding carboxylic acids is 1. The van der Waals surface area contributed by atoms with Crippen LogP contribution < -0.4 is 24.3 Å². The Labute approximate surface area is 207 Å². The molecule has 1 atom stereocenters. The number of aliphatic hydroxyl groups excluding tert-OH is 1. The lowest BCUT2D eigenvalue weighted by Crippen LogP contribution is -2.39. The molecule has 0 spiro atoms. The van der Waals surface area contributed by atoms with Crippen LogP contribution in [0.2, 0.25) is 0 Å². The number of nitrogens with zero attached hydrogens (tertiary/aromatic N) is 2. The maximum absolute atomic E-state index is 13.5. The molecule has 0 bridgehead atoms. The number of benzene rings is 2. The first kappa shape index (κ1) is 23.4. The Kier molecular flexibility index (Phi) is 6.59. The van der Waals surface area contributed by atoms with Crippen LogP contribution in [0.4, 0.5) is 0 Å². The van der Waals surface area contributed by atoms with Gasteiger partial charge in [-0.1, -0.05) is 18.2 Å². The number of methoxy groups -OCH3 is 2. The minimum Gasteiger partial charge on any atom is -0.486 e. The molecular formula is C26H26N4O6. The van der Waals surface area contributed by atoms with Gasteiger partial charge in [0.2, 0.25) is 5.88 Å². The summed E-state index contributed by atoms with van der Waals surface area (Å²) in [5, 5.41) is 14.0. The van der Waals surface area contributed by atoms with Crippen LogP contribution in [0.1, 0.15) is 15.9 Å². The third kappa shape index (κ3) is 4.50. The van der Waals surface area contributed by atoms with Gasteiger partial charge < -0.3 is 34.4 Å². The van der Waals surface area contributed by atoms with Gasteiger partial charge in [0.1, 0.15) is 13.2 Å². The molecule has 10 nitrogen and oxygen atoms in total. The highest BCUT2D eigenvalue weighted by atomic mass is 16.6. The zero-order valence-electron chi connectivity index (χ0n) is 19.9. The second-order valence-corrected chi connectivity index (χ2v) is 8.24. The van der Waals surface area contributed by atoms with E-state index in [1.54, 1.807) is 18.3 Å². The molecule has 0 fully saturated rings. The van der Waals surface area contributed by atoms with Crippen molar-refractivity contribution in [1.82, 2.24) is 20.3 Å². The SMILES string of the molecule is COc1ncc(-c2cc3c(c(C(=O)N[C@@H](CO)Cc4c[nH]c5ccccc45)c2)OCCO3)c(OC)n1. The molecule has 1 aliphatic rings. The van der Waals surface area contributed by atoms with E-state index in [0.29, 0.717) is 42.3 Å². The van der Waals surface area contributed by atoms with Crippen molar-refractivity contribution < 1.29 is 28.8 Å². The van der Waals surface area contributed by atoms with E-state index < -0.39 is 11.9 Å². The summed E-state index contributed by atoms with van der Waals surface area (Å²) in [5.41, 5.74) is 3.44. The number of hydrogen-bond donors (Lipinski definition) is 3. The van der Waals surface area contributed by atoms with Crippen LogP contribution in [0.25, 0.3) is 22.0 Å². The first-order chi connectivity index (χ1) is 17.6. The van der Waals surface area contributed by atoms with Gasteiger partial charge in [-0.15, -0.1) is 0 Å². The molecule has 1 amide bonds. The smallest absolute Gasteiger partial charge is 0.319 e. The zero-order valence-corrected chi connectivity index (χ0v) is 19.9. The molecule has 186 valence electrons. The number of aliphatic hydroxyl groups is 1. The molecule has 36 heavy (non-hydrogen) atoms. The van der Waals surface area contributed by atoms with E-state index in [2.05, 4.69) is 20.3 Å². The molecule has 0 aliphatic carbocycles. The number of aromatic amines is 1. The van der Waals surface area contributed by atoms with Crippen LogP contribution in [0.5, 0.6) is 23.4 Å². The summed E-state index contributed by atoms with van der Waals surface area (Å²) >= 11 is 0. The quantitative estimate of drug-likeness (QED) is 0.344. The van der Waals surface area contributed by atoms with Crippen LogP contribution in [0, 0.1) is 0 Å². The van der Waals surface area contributed by atoms with E-state index >= 15 is 0 Å². The first-order valence-electron chi connectivity index (χ1n) is 11.5. The van der Waals surface area contributed by atoms with E-state index in [-0.39, 0.29) is 24.1 Å². The van der Waals surface area contributed by atoms with Gasteiger partial charge in [-0.2, -0.15) is 4.98 Å². The number of hydrogen-bond acceptors (Lipinski definition) is 8. The minimum atomic E-state index is -0.514. The molecule has 2 aromatic carbocycles. The molecule has 10 heteroatoms. The van der Waals surface area contributed by atoms with Gasteiger partial charge in [0.25, 0.3) is 5.91 Å². The maximum atomic E-state index is 13.5. The highest BCUT2D eigenvalue weighted by molar-refractivity contribution is 6.00. The third-order valence-corrected chi connectivity index (χ3v) is 6.00. The normalized spacial score (nSPS) is 13.3. The number of para-hydroxylation sites is 1. The fraction of sp³-hybridized carbons (Fsp3) is 0.269. The molecule has 0 saturated heterocycles. The summed E-state index contributed by atoms with van der Waals surface area (Å²) in [6, 6.07) is 11.0. The van der Waals surface area contributed by atoms with Gasteiger partial charge in [-0.05, 0) is 35.7 Å². The number of aromatic nitrogens is 3. The summed E-state index contributed by atoms with van der Waals surface area (Å²) in [7, 11) is 2.96. The predicted octanol–water partition coefficient (Wildman–Crippen LogP) is 2.75. The molecule has 0 unspecified atom stereocenters. The van der Waals surface area contributed by atoms with Crippen molar-refractivity contribution in [3.05, 3.63) is 59.9 Å². The minimum absolute atomic E-state index is 0.161. The van der Waals surface area contributed by atoms with E-state index in [9.17, 15) is 9.90 Å². The highest BCUT2D eigenvalue weighted by Gasteiger charge is 2.26. The van der Waals surface area contributed by atoms with Crippen molar-refractivity contribution in [3.63, 3.8) is 0 Å². The number of rotatable bonds is 8. The molecule has 4 aromatic rings. The summed E-state index contributed by atoms with van der Waals surface area (Å²) < 4.78 is 22.1. The van der Waals surface area contributed by atoms with Crippen molar-refractivity contribution in [2.45, 2.75) is 12.5 Å². The summed E-state index contributed by atoms with van der Waals surface area (Å²) in [6.07, 6.45) is 3.91. The van der Waals surface area contributed by atoms with Gasteiger partial charge in [0, 0.05) is 23.3 Å². The van der Waals surface area contributed by atoms with E-state index in [0.717, 1.165) is 16.5 Å². The molecule has 2 aromatic heterocycles. The van der Waals surface area contributed by atoms with Gasteiger partial charge in [0.15, 0.2) is 11.5 Å². The number of fused-ring (bicyclic) bond motifs is 2. The molecule has 0 radical (unpaired) electrons. The molecule has 3 heterocycles. The summed E-state index contributed by atoms with van der Waals surface area (Å²) in [4.78, 5) is 25.1. The summed E-state index contributed by atoms with van der Waals surface area (Å²) in [5.74, 6) is 0.668. The average Bonchev–Trinajstić information content (AvgIpc) is 3.34. The lowest BCUT2D eigenvalue weighted by Gasteiger charge is -2.23. The number of H-pyrrole nitrogens is 1. The predicted molar refractivity (Wildman–Crippen MR) is 132 cm³/mol. The maximum Gasteiger partial charge on any atom is 0.319 e. The Morgan fingerprint density at radius 2 is 2.03 bits per heavy atom. The fourth-order valence-electron chi connectivity index (χ4n) is 4.27. The van der Waals surface area contributed by atoms with Crippen LogP contribution in [-0.2, 0) is 6.42 Å². The molecular weight excluding hydrogens is 464 g/mol. The van der Waals surface area contributed by atoms with Crippen LogP contribution >= 0.6 is 0 Å². The Morgan fingerprint density at radius 3 is 2.83 bits per heavy atom. The first-order valence-corrected chi connectivity index (χ1v) is 11.5. The molecule has 5 rings (SSSR count). The Hall–Kier alpha value is -4.31. The third-order valence-electron chi connectivity index (χ3n) is 6.00. The van der Waals surface area contributed by atoms with Crippen LogP contribution in [-0.4, -0.2) is 66.0 Å². The van der Waals surface area contributed by atoms with Crippen molar-refractivity contribution in [2.75, 3.05) is 34.0 Å². The average molecular weight is 491 g/mol. The van der Waals surface area contributed by atoms with Crippen LogP contribution in [0.15, 0.2) is 48.8 Å². The zero-order chi connectivity index (χ0) is 25.1. The summed E-state index contributed by atoms with van der Waals surface area (Å²) in [6.45, 7) is 0.443.